The summed E-state index contributed by atoms with van der Waals surface area (Å²) in [7, 11) is 0. The molecular formula is C8H19NO. The second kappa shape index (κ2) is 2.89. The predicted octanol–water partition coefficient (Wildman–Crippen LogP) is 1.13. The topological polar surface area (TPSA) is 46.2 Å². The Balaban J connectivity index is 4.28. The van der Waals surface area contributed by atoms with Gasteiger partial charge in [-0.25, -0.2) is 0 Å². The summed E-state index contributed by atoms with van der Waals surface area (Å²) in [5, 5.41) is 9.73. The fourth-order valence-electron chi connectivity index (χ4n) is 0.657. The van der Waals surface area contributed by atoms with Crippen LogP contribution < -0.4 is 5.73 Å². The molecule has 0 amide bonds. The monoisotopic (exact) mass is 145 g/mol. The van der Waals surface area contributed by atoms with E-state index in [1.54, 1.807) is 6.92 Å². The van der Waals surface area contributed by atoms with E-state index in [1.165, 1.54) is 0 Å². The molecule has 0 aliphatic carbocycles. The molecule has 0 bridgehead atoms. The van der Waals surface area contributed by atoms with Crippen LogP contribution in [0.15, 0.2) is 0 Å². The van der Waals surface area contributed by atoms with Gasteiger partial charge >= 0.3 is 0 Å². The SMILES string of the molecule is CCC(C)(C)C(C)(O)CN. The van der Waals surface area contributed by atoms with E-state index in [9.17, 15) is 5.11 Å². The Morgan fingerprint density at radius 1 is 1.30 bits per heavy atom. The first-order valence-corrected chi connectivity index (χ1v) is 3.80. The molecule has 0 aliphatic heterocycles. The zero-order valence-corrected chi connectivity index (χ0v) is 7.44. The summed E-state index contributed by atoms with van der Waals surface area (Å²) >= 11 is 0. The van der Waals surface area contributed by atoms with Crippen LogP contribution in [-0.4, -0.2) is 17.3 Å². The Morgan fingerprint density at radius 2 is 1.70 bits per heavy atom. The molecule has 0 saturated carbocycles. The van der Waals surface area contributed by atoms with Crippen LogP contribution in [-0.2, 0) is 0 Å². The molecule has 0 aliphatic rings. The van der Waals surface area contributed by atoms with Gasteiger partial charge in [-0.1, -0.05) is 20.8 Å². The van der Waals surface area contributed by atoms with Crippen LogP contribution in [0.1, 0.15) is 34.1 Å². The molecule has 62 valence electrons. The van der Waals surface area contributed by atoms with Gasteiger partial charge in [0, 0.05) is 6.54 Å². The molecule has 2 heteroatoms. The lowest BCUT2D eigenvalue weighted by Gasteiger charge is -2.38. The van der Waals surface area contributed by atoms with Gasteiger partial charge in [-0.3, -0.25) is 0 Å². The van der Waals surface area contributed by atoms with E-state index < -0.39 is 5.60 Å². The van der Waals surface area contributed by atoms with Crippen molar-refractivity contribution in [2.45, 2.75) is 39.7 Å². The van der Waals surface area contributed by atoms with E-state index in [-0.39, 0.29) is 5.41 Å². The molecule has 1 unspecified atom stereocenters. The lowest BCUT2D eigenvalue weighted by atomic mass is 9.74. The Labute approximate surface area is 63.4 Å². The Hall–Kier alpha value is -0.0800. The van der Waals surface area contributed by atoms with Gasteiger partial charge in [0.25, 0.3) is 0 Å². The van der Waals surface area contributed by atoms with Crippen molar-refractivity contribution in [1.82, 2.24) is 0 Å². The minimum absolute atomic E-state index is 0.0816. The van der Waals surface area contributed by atoms with Gasteiger partial charge < -0.3 is 10.8 Å². The molecule has 3 N–H and O–H groups in total. The molecule has 0 aromatic rings. The van der Waals surface area contributed by atoms with Crippen LogP contribution in [0, 0.1) is 5.41 Å². The number of rotatable bonds is 3. The first kappa shape index (κ1) is 9.92. The van der Waals surface area contributed by atoms with E-state index in [4.69, 9.17) is 5.73 Å². The summed E-state index contributed by atoms with van der Waals surface area (Å²) < 4.78 is 0. The maximum absolute atomic E-state index is 9.73. The molecule has 0 heterocycles. The second-order valence-electron chi connectivity index (χ2n) is 3.72. The first-order chi connectivity index (χ1) is 4.37. The third-order valence-electron chi connectivity index (χ3n) is 2.74. The zero-order chi connectivity index (χ0) is 8.41. The van der Waals surface area contributed by atoms with Crippen molar-refractivity contribution in [1.29, 1.82) is 0 Å². The lowest BCUT2D eigenvalue weighted by molar-refractivity contribution is -0.0449. The van der Waals surface area contributed by atoms with Crippen molar-refractivity contribution in [2.24, 2.45) is 11.1 Å². The minimum atomic E-state index is -0.734. The number of nitrogens with two attached hydrogens (primary N) is 1. The normalized spacial score (nSPS) is 18.6. The minimum Gasteiger partial charge on any atom is -0.388 e. The van der Waals surface area contributed by atoms with Crippen LogP contribution in [0.25, 0.3) is 0 Å². The quantitative estimate of drug-likeness (QED) is 0.625. The zero-order valence-electron chi connectivity index (χ0n) is 7.44. The maximum atomic E-state index is 9.73. The number of hydrogen-bond donors (Lipinski definition) is 2. The van der Waals surface area contributed by atoms with Gasteiger partial charge in [0.1, 0.15) is 0 Å². The van der Waals surface area contributed by atoms with Crippen molar-refractivity contribution < 1.29 is 5.11 Å². The summed E-state index contributed by atoms with van der Waals surface area (Å²) in [6.45, 7) is 8.23. The lowest BCUT2D eigenvalue weighted by Crippen LogP contribution is -2.47. The van der Waals surface area contributed by atoms with Crippen LogP contribution >= 0.6 is 0 Å². The molecule has 0 rings (SSSR count). The van der Waals surface area contributed by atoms with Crippen molar-refractivity contribution >= 4 is 0 Å². The highest BCUT2D eigenvalue weighted by Crippen LogP contribution is 2.32. The van der Waals surface area contributed by atoms with Crippen LogP contribution in [0.4, 0.5) is 0 Å². The van der Waals surface area contributed by atoms with Gasteiger partial charge in [-0.15, -0.1) is 0 Å². The molecule has 0 aromatic heterocycles. The third kappa shape index (κ3) is 1.70. The predicted molar refractivity (Wildman–Crippen MR) is 43.8 cm³/mol. The molecule has 0 radical (unpaired) electrons. The van der Waals surface area contributed by atoms with E-state index in [0.29, 0.717) is 6.54 Å². The van der Waals surface area contributed by atoms with E-state index >= 15 is 0 Å². The molecule has 1 atom stereocenters. The largest absolute Gasteiger partial charge is 0.388 e. The summed E-state index contributed by atoms with van der Waals surface area (Å²) in [6.07, 6.45) is 0.942. The second-order valence-corrected chi connectivity index (χ2v) is 3.72. The third-order valence-corrected chi connectivity index (χ3v) is 2.74. The fourth-order valence-corrected chi connectivity index (χ4v) is 0.657. The molecule has 0 fully saturated rings. The van der Waals surface area contributed by atoms with Crippen molar-refractivity contribution in [3.8, 4) is 0 Å². The molecule has 0 saturated heterocycles. The molecular weight excluding hydrogens is 126 g/mol. The van der Waals surface area contributed by atoms with Gasteiger partial charge in [0.05, 0.1) is 5.60 Å². The van der Waals surface area contributed by atoms with E-state index in [0.717, 1.165) is 6.42 Å². The van der Waals surface area contributed by atoms with Crippen molar-refractivity contribution in [3.63, 3.8) is 0 Å². The van der Waals surface area contributed by atoms with Crippen molar-refractivity contribution in [2.75, 3.05) is 6.54 Å². The highest BCUT2D eigenvalue weighted by molar-refractivity contribution is 4.89. The maximum Gasteiger partial charge on any atom is 0.0791 e. The van der Waals surface area contributed by atoms with Crippen LogP contribution in [0.5, 0.6) is 0 Å². The van der Waals surface area contributed by atoms with Crippen LogP contribution in [0.2, 0.25) is 0 Å². The first-order valence-electron chi connectivity index (χ1n) is 3.80. The highest BCUT2D eigenvalue weighted by Gasteiger charge is 2.36. The Bertz CT molecular complexity index is 93.8. The summed E-state index contributed by atoms with van der Waals surface area (Å²) in [5.41, 5.74) is 4.60. The summed E-state index contributed by atoms with van der Waals surface area (Å²) in [5.74, 6) is 0. The molecule has 0 spiro atoms. The van der Waals surface area contributed by atoms with Gasteiger partial charge in [0.2, 0.25) is 0 Å². The Morgan fingerprint density at radius 3 is 1.80 bits per heavy atom. The molecule has 0 aromatic carbocycles. The van der Waals surface area contributed by atoms with Gasteiger partial charge in [0.15, 0.2) is 0 Å². The molecule has 2 nitrogen and oxygen atoms in total. The number of hydrogen-bond acceptors (Lipinski definition) is 2. The average Bonchev–Trinajstić information content (AvgIpc) is 1.88. The standard InChI is InChI=1S/C8H19NO/c1-5-7(2,3)8(4,10)6-9/h10H,5-6,9H2,1-4H3. The Kier molecular flexibility index (Phi) is 2.86. The average molecular weight is 145 g/mol. The summed E-state index contributed by atoms with van der Waals surface area (Å²) in [4.78, 5) is 0. The van der Waals surface area contributed by atoms with E-state index in [1.807, 2.05) is 13.8 Å². The number of aliphatic hydroxyl groups is 1. The smallest absolute Gasteiger partial charge is 0.0791 e. The van der Waals surface area contributed by atoms with Crippen molar-refractivity contribution in [3.05, 3.63) is 0 Å². The molecule has 10 heavy (non-hydrogen) atoms. The van der Waals surface area contributed by atoms with Gasteiger partial charge in [-0.2, -0.15) is 0 Å². The highest BCUT2D eigenvalue weighted by atomic mass is 16.3. The van der Waals surface area contributed by atoms with Gasteiger partial charge in [-0.05, 0) is 18.8 Å². The summed E-state index contributed by atoms with van der Waals surface area (Å²) in [6, 6.07) is 0. The fraction of sp³-hybridized carbons (Fsp3) is 1.00. The van der Waals surface area contributed by atoms with E-state index in [2.05, 4.69) is 6.92 Å². The van der Waals surface area contributed by atoms with Crippen LogP contribution in [0.3, 0.4) is 0 Å².